The zero-order chi connectivity index (χ0) is 20.8. The number of nitrogens with zero attached hydrogens (tertiary/aromatic N) is 1. The summed E-state index contributed by atoms with van der Waals surface area (Å²) in [5.41, 5.74) is 5.82. The molecular formula is C23H42N2O2S. The molecule has 1 rings (SSSR count). The van der Waals surface area contributed by atoms with Crippen LogP contribution in [0.2, 0.25) is 0 Å². The number of allylic oxidation sites excluding steroid dienone is 2. The molecule has 0 aromatic heterocycles. The predicted octanol–water partition coefficient (Wildman–Crippen LogP) is 6.11. The van der Waals surface area contributed by atoms with Crippen molar-refractivity contribution in [2.45, 2.75) is 97.7 Å². The number of hydroxylamine groups is 1. The summed E-state index contributed by atoms with van der Waals surface area (Å²) in [7, 11) is 0. The van der Waals surface area contributed by atoms with Crippen LogP contribution in [0, 0.1) is 5.92 Å². The third-order valence-electron chi connectivity index (χ3n) is 5.10. The first-order valence-electron chi connectivity index (χ1n) is 11.4. The molecule has 1 saturated carbocycles. The Morgan fingerprint density at radius 1 is 1.18 bits per heavy atom. The van der Waals surface area contributed by atoms with Crippen LogP contribution in [0.4, 0.5) is 0 Å². The third-order valence-corrected chi connectivity index (χ3v) is 6.19. The first-order valence-corrected chi connectivity index (χ1v) is 12.4. The van der Waals surface area contributed by atoms with E-state index in [9.17, 15) is 4.79 Å². The molecule has 1 N–H and O–H groups in total. The first-order chi connectivity index (χ1) is 13.6. The van der Waals surface area contributed by atoms with Gasteiger partial charge in [-0.05, 0) is 44.3 Å². The molecule has 0 aromatic carbocycles. The van der Waals surface area contributed by atoms with Crippen molar-refractivity contribution in [3.63, 3.8) is 0 Å². The van der Waals surface area contributed by atoms with Crippen molar-refractivity contribution < 1.29 is 9.63 Å². The van der Waals surface area contributed by atoms with Gasteiger partial charge in [0.15, 0.2) is 5.78 Å². The minimum absolute atomic E-state index is 0.243. The highest BCUT2D eigenvalue weighted by Gasteiger charge is 2.32. The number of carbonyl (C=O) groups excluding carboxylic acids is 1. The zero-order valence-corrected chi connectivity index (χ0v) is 19.6. The van der Waals surface area contributed by atoms with Crippen LogP contribution in [-0.4, -0.2) is 35.6 Å². The van der Waals surface area contributed by atoms with E-state index in [0.29, 0.717) is 24.2 Å². The molecule has 0 saturated heterocycles. The zero-order valence-electron chi connectivity index (χ0n) is 18.8. The number of unbranched alkanes of at least 4 members (excludes halogenated alkanes) is 3. The molecule has 1 aliphatic rings. The van der Waals surface area contributed by atoms with Gasteiger partial charge in [-0.2, -0.15) is 11.8 Å². The van der Waals surface area contributed by atoms with Crippen molar-refractivity contribution in [3.8, 4) is 0 Å². The molecule has 0 aromatic rings. The van der Waals surface area contributed by atoms with Gasteiger partial charge in [0, 0.05) is 23.9 Å². The molecule has 0 unspecified atom stereocenters. The van der Waals surface area contributed by atoms with Crippen LogP contribution in [0.1, 0.15) is 92.4 Å². The Kier molecular flexibility index (Phi) is 13.6. The maximum absolute atomic E-state index is 13.1. The number of Topliss-reactive ketones (excluding diaryl/α,β-unsaturated/α-hetero) is 1. The van der Waals surface area contributed by atoms with Gasteiger partial charge in [-0.3, -0.25) is 20.1 Å². The summed E-state index contributed by atoms with van der Waals surface area (Å²) in [5.74, 6) is 1.78. The molecular weight excluding hydrogens is 368 g/mol. The third kappa shape index (κ3) is 9.13. The number of nitrogens with one attached hydrogen (secondary N) is 1. The van der Waals surface area contributed by atoms with E-state index in [2.05, 4.69) is 33.2 Å². The summed E-state index contributed by atoms with van der Waals surface area (Å²) in [6, 6.07) is 0. The van der Waals surface area contributed by atoms with Crippen molar-refractivity contribution in [2.75, 3.05) is 18.9 Å². The summed E-state index contributed by atoms with van der Waals surface area (Å²) in [4.78, 5) is 23.5. The molecule has 4 nitrogen and oxygen atoms in total. The smallest absolute Gasteiger partial charge is 0.166 e. The number of carbonyl (C=O) groups is 1. The summed E-state index contributed by atoms with van der Waals surface area (Å²) in [5, 5.41) is 0.593. The van der Waals surface area contributed by atoms with Gasteiger partial charge in [-0.15, -0.1) is 0 Å². The number of thioether (sulfide) groups is 1. The molecule has 1 aliphatic carbocycles. The van der Waals surface area contributed by atoms with Gasteiger partial charge in [0.1, 0.15) is 0 Å². The lowest BCUT2D eigenvalue weighted by Crippen LogP contribution is -2.32. The number of aliphatic imine (C=N–C) groups is 1. The SMILES string of the molecule is CCCCCCN=C1C[C@H](C[C@H](C)SCC)CC(=O)C1=C(CCC)NOCC. The lowest BCUT2D eigenvalue weighted by Gasteiger charge is -2.28. The van der Waals surface area contributed by atoms with Crippen molar-refractivity contribution in [1.82, 2.24) is 5.48 Å². The van der Waals surface area contributed by atoms with Gasteiger partial charge in [0.25, 0.3) is 0 Å². The molecule has 0 aliphatic heterocycles. The van der Waals surface area contributed by atoms with Crippen molar-refractivity contribution >= 4 is 23.3 Å². The van der Waals surface area contributed by atoms with E-state index in [4.69, 9.17) is 9.83 Å². The second kappa shape index (κ2) is 15.1. The Labute approximate surface area is 177 Å². The highest BCUT2D eigenvalue weighted by atomic mass is 32.2. The Morgan fingerprint density at radius 2 is 1.96 bits per heavy atom. The summed E-state index contributed by atoms with van der Waals surface area (Å²) in [6.45, 7) is 12.2. The number of ketones is 1. The average Bonchev–Trinajstić information content (AvgIpc) is 2.65. The maximum atomic E-state index is 13.1. The van der Waals surface area contributed by atoms with E-state index >= 15 is 0 Å². The topological polar surface area (TPSA) is 50.7 Å². The van der Waals surface area contributed by atoms with Gasteiger partial charge >= 0.3 is 0 Å². The molecule has 0 spiro atoms. The van der Waals surface area contributed by atoms with Crippen LogP contribution in [0.15, 0.2) is 16.3 Å². The minimum atomic E-state index is 0.243. The van der Waals surface area contributed by atoms with Crippen LogP contribution >= 0.6 is 11.8 Å². The van der Waals surface area contributed by atoms with Crippen LogP contribution in [0.25, 0.3) is 0 Å². The minimum Gasteiger partial charge on any atom is -0.294 e. The summed E-state index contributed by atoms with van der Waals surface area (Å²) < 4.78 is 0. The monoisotopic (exact) mass is 410 g/mol. The van der Waals surface area contributed by atoms with Gasteiger partial charge in [-0.25, -0.2) is 0 Å². The molecule has 2 atom stereocenters. The molecule has 1 fully saturated rings. The molecule has 0 amide bonds. The average molecular weight is 411 g/mol. The van der Waals surface area contributed by atoms with Crippen LogP contribution in [-0.2, 0) is 9.63 Å². The molecule has 28 heavy (non-hydrogen) atoms. The Morgan fingerprint density at radius 3 is 2.61 bits per heavy atom. The normalized spacial score (nSPS) is 21.8. The highest BCUT2D eigenvalue weighted by molar-refractivity contribution is 7.99. The second-order valence-corrected chi connectivity index (χ2v) is 9.44. The molecule has 5 heteroatoms. The van der Waals surface area contributed by atoms with Crippen LogP contribution in [0.3, 0.4) is 0 Å². The maximum Gasteiger partial charge on any atom is 0.166 e. The summed E-state index contributed by atoms with van der Waals surface area (Å²) >= 11 is 1.99. The Balaban J connectivity index is 3.02. The van der Waals surface area contributed by atoms with Crippen LogP contribution < -0.4 is 5.48 Å². The van der Waals surface area contributed by atoms with E-state index in [1.165, 1.54) is 19.3 Å². The quantitative estimate of drug-likeness (QED) is 0.213. The fraction of sp³-hybridized carbons (Fsp3) is 0.826. The van der Waals surface area contributed by atoms with Crippen molar-refractivity contribution in [1.29, 1.82) is 0 Å². The predicted molar refractivity (Wildman–Crippen MR) is 123 cm³/mol. The van der Waals surface area contributed by atoms with E-state index in [1.807, 2.05) is 18.7 Å². The lowest BCUT2D eigenvalue weighted by molar-refractivity contribution is -0.116. The lowest BCUT2D eigenvalue weighted by atomic mass is 9.79. The van der Waals surface area contributed by atoms with E-state index < -0.39 is 0 Å². The standard InChI is InChI=1S/C23H42N2O2S/c1-6-10-11-12-14-24-21-16-19(15-18(5)28-9-4)17-22(26)23(21)20(13-7-2)25-27-8-3/h18-19,25H,6-17H2,1-5H3/t18-,19-/m0/s1. The van der Waals surface area contributed by atoms with Gasteiger partial charge in [0.05, 0.1) is 17.9 Å². The number of rotatable bonds is 14. The van der Waals surface area contributed by atoms with Gasteiger partial charge in [0.2, 0.25) is 0 Å². The van der Waals surface area contributed by atoms with Gasteiger partial charge < -0.3 is 0 Å². The summed E-state index contributed by atoms with van der Waals surface area (Å²) in [6.07, 6.45) is 9.26. The molecule has 0 bridgehead atoms. The largest absolute Gasteiger partial charge is 0.294 e. The van der Waals surface area contributed by atoms with E-state index in [0.717, 1.165) is 61.4 Å². The number of hydrogen-bond acceptors (Lipinski definition) is 5. The molecule has 162 valence electrons. The first kappa shape index (κ1) is 25.2. The van der Waals surface area contributed by atoms with Crippen LogP contribution in [0.5, 0.6) is 0 Å². The van der Waals surface area contributed by atoms with E-state index in [1.54, 1.807) is 0 Å². The van der Waals surface area contributed by atoms with Crippen molar-refractivity contribution in [2.24, 2.45) is 10.9 Å². The van der Waals surface area contributed by atoms with Crippen molar-refractivity contribution in [3.05, 3.63) is 11.3 Å². The second-order valence-electron chi connectivity index (χ2n) is 7.73. The number of hydrogen-bond donors (Lipinski definition) is 1. The molecule has 0 heterocycles. The fourth-order valence-electron chi connectivity index (χ4n) is 3.84. The van der Waals surface area contributed by atoms with E-state index in [-0.39, 0.29) is 5.78 Å². The Hall–Kier alpha value is -0.810. The van der Waals surface area contributed by atoms with Gasteiger partial charge in [-0.1, -0.05) is 53.4 Å². The molecule has 0 radical (unpaired) electrons. The fourth-order valence-corrected chi connectivity index (χ4v) is 4.81. The Bertz CT molecular complexity index is 517. The highest BCUT2D eigenvalue weighted by Crippen LogP contribution is 2.32.